The quantitative estimate of drug-likeness (QED) is 0.649. The minimum atomic E-state index is -3.89. The zero-order chi connectivity index (χ0) is 21.1. The molecule has 0 unspecified atom stereocenters. The molecular weight excluding hydrogens is 378 g/mol. The number of amides is 2. The molecule has 1 aromatic rings. The molecule has 0 saturated heterocycles. The summed E-state index contributed by atoms with van der Waals surface area (Å²) in [4.78, 5) is 24.6. The van der Waals surface area contributed by atoms with Crippen LogP contribution < -0.4 is 15.6 Å². The van der Waals surface area contributed by atoms with E-state index in [1.54, 1.807) is 13.8 Å². The molecule has 0 heterocycles. The molecule has 1 aromatic carbocycles. The molecule has 3 N–H and O–H groups in total. The van der Waals surface area contributed by atoms with Crippen molar-refractivity contribution in [3.8, 4) is 0 Å². The fraction of sp³-hybridized carbons (Fsp3) is 0.600. The number of benzene rings is 1. The highest BCUT2D eigenvalue weighted by atomic mass is 32.2. The van der Waals surface area contributed by atoms with Crippen LogP contribution in [0.1, 0.15) is 61.3 Å². The normalized spacial score (nSPS) is 16.5. The molecule has 1 atom stereocenters. The van der Waals surface area contributed by atoms with Crippen molar-refractivity contribution in [3.63, 3.8) is 0 Å². The summed E-state index contributed by atoms with van der Waals surface area (Å²) in [5, 5.41) is 0. The number of carbonyl (C=O) groups excluding carboxylic acids is 2. The van der Waals surface area contributed by atoms with Crippen molar-refractivity contribution in [2.45, 2.75) is 77.7 Å². The maximum atomic E-state index is 12.9. The van der Waals surface area contributed by atoms with Crippen LogP contribution in [0.3, 0.4) is 0 Å². The Morgan fingerprint density at radius 3 is 2.04 bits per heavy atom. The zero-order valence-electron chi connectivity index (χ0n) is 17.3. The molecule has 1 fully saturated rings. The van der Waals surface area contributed by atoms with Gasteiger partial charge in [-0.25, -0.2) is 8.42 Å². The van der Waals surface area contributed by atoms with Crippen LogP contribution in [0, 0.1) is 33.6 Å². The van der Waals surface area contributed by atoms with Crippen molar-refractivity contribution < 1.29 is 18.0 Å². The molecule has 0 aromatic heterocycles. The minimum Gasteiger partial charge on any atom is -0.273 e. The standard InChI is InChI=1S/C20H31N3O4S/c1-12-11-13(2)15(4)18(14(12)3)28(26,27)23-16(5)19(24)21-22-20(25)17-9-7-6-8-10-17/h11,16-17,23H,6-10H2,1-5H3,(H,21,24)(H,22,25)/t16-/m0/s1. The number of rotatable bonds is 5. The Balaban J connectivity index is 2.04. The van der Waals surface area contributed by atoms with Crippen LogP contribution >= 0.6 is 0 Å². The Labute approximate surface area is 167 Å². The van der Waals surface area contributed by atoms with Gasteiger partial charge in [0, 0.05) is 5.92 Å². The lowest BCUT2D eigenvalue weighted by molar-refractivity contribution is -0.132. The molecule has 0 radical (unpaired) electrons. The third kappa shape index (κ3) is 5.11. The first-order chi connectivity index (χ1) is 13.0. The predicted octanol–water partition coefficient (Wildman–Crippen LogP) is 2.31. The monoisotopic (exact) mass is 409 g/mol. The van der Waals surface area contributed by atoms with E-state index in [2.05, 4.69) is 15.6 Å². The molecule has 28 heavy (non-hydrogen) atoms. The summed E-state index contributed by atoms with van der Waals surface area (Å²) in [6, 6.07) is 0.914. The summed E-state index contributed by atoms with van der Waals surface area (Å²) in [6.07, 6.45) is 4.78. The Hall–Kier alpha value is -1.93. The molecule has 1 aliphatic carbocycles. The van der Waals surface area contributed by atoms with Gasteiger partial charge in [0.25, 0.3) is 5.91 Å². The number of aryl methyl sites for hydroxylation is 2. The Morgan fingerprint density at radius 1 is 0.964 bits per heavy atom. The average molecular weight is 410 g/mol. The number of sulfonamides is 1. The lowest BCUT2D eigenvalue weighted by Gasteiger charge is -2.22. The van der Waals surface area contributed by atoms with Crippen molar-refractivity contribution in [2.75, 3.05) is 0 Å². The van der Waals surface area contributed by atoms with Crippen LogP contribution in [0.25, 0.3) is 0 Å². The maximum Gasteiger partial charge on any atom is 0.256 e. The van der Waals surface area contributed by atoms with Crippen LogP contribution in [0.2, 0.25) is 0 Å². The largest absolute Gasteiger partial charge is 0.273 e. The molecule has 7 nitrogen and oxygen atoms in total. The summed E-state index contributed by atoms with van der Waals surface area (Å²) >= 11 is 0. The van der Waals surface area contributed by atoms with E-state index in [1.807, 2.05) is 19.9 Å². The van der Waals surface area contributed by atoms with Crippen LogP contribution in [0.15, 0.2) is 11.0 Å². The molecule has 0 spiro atoms. The lowest BCUT2D eigenvalue weighted by Crippen LogP contribution is -2.52. The highest BCUT2D eigenvalue weighted by Gasteiger charge is 2.27. The number of hydrogen-bond donors (Lipinski definition) is 3. The first kappa shape index (κ1) is 22.4. The Morgan fingerprint density at radius 2 is 1.50 bits per heavy atom. The molecule has 1 saturated carbocycles. The van der Waals surface area contributed by atoms with Crippen molar-refractivity contribution in [1.29, 1.82) is 0 Å². The summed E-state index contributed by atoms with van der Waals surface area (Å²) in [7, 11) is -3.89. The van der Waals surface area contributed by atoms with E-state index in [0.717, 1.165) is 43.2 Å². The number of hydrogen-bond acceptors (Lipinski definition) is 4. The maximum absolute atomic E-state index is 12.9. The molecule has 0 bridgehead atoms. The summed E-state index contributed by atoms with van der Waals surface area (Å²) in [6.45, 7) is 8.68. The van der Waals surface area contributed by atoms with E-state index in [4.69, 9.17) is 0 Å². The van der Waals surface area contributed by atoms with Gasteiger partial charge in [0.1, 0.15) is 0 Å². The summed E-state index contributed by atoms with van der Waals surface area (Å²) in [5.74, 6) is -0.918. The van der Waals surface area contributed by atoms with Crippen LogP contribution in [-0.2, 0) is 19.6 Å². The number of carbonyl (C=O) groups is 2. The van der Waals surface area contributed by atoms with Crippen LogP contribution in [0.4, 0.5) is 0 Å². The Bertz CT molecular complexity index is 832. The Kier molecular flexibility index (Phi) is 7.22. The van der Waals surface area contributed by atoms with Gasteiger partial charge >= 0.3 is 0 Å². The number of hydrazine groups is 1. The molecule has 1 aliphatic rings. The molecule has 0 aliphatic heterocycles. The predicted molar refractivity (Wildman–Crippen MR) is 108 cm³/mol. The van der Waals surface area contributed by atoms with Crippen LogP contribution in [0.5, 0.6) is 0 Å². The second kappa shape index (κ2) is 9.05. The highest BCUT2D eigenvalue weighted by Crippen LogP contribution is 2.26. The first-order valence-corrected chi connectivity index (χ1v) is 11.2. The fourth-order valence-corrected chi connectivity index (χ4v) is 5.45. The summed E-state index contributed by atoms with van der Waals surface area (Å²) < 4.78 is 28.2. The molecule has 8 heteroatoms. The minimum absolute atomic E-state index is 0.0957. The average Bonchev–Trinajstić information content (AvgIpc) is 2.64. The molecule has 156 valence electrons. The molecular formula is C20H31N3O4S. The topological polar surface area (TPSA) is 104 Å². The smallest absolute Gasteiger partial charge is 0.256 e. The highest BCUT2D eigenvalue weighted by molar-refractivity contribution is 7.89. The van der Waals surface area contributed by atoms with Crippen molar-refractivity contribution in [2.24, 2.45) is 5.92 Å². The fourth-order valence-electron chi connectivity index (χ4n) is 3.63. The number of nitrogens with one attached hydrogen (secondary N) is 3. The van der Waals surface area contributed by atoms with Gasteiger partial charge in [-0.15, -0.1) is 0 Å². The second-order valence-corrected chi connectivity index (χ2v) is 9.40. The van der Waals surface area contributed by atoms with Crippen LogP contribution in [-0.4, -0.2) is 26.3 Å². The van der Waals surface area contributed by atoms with Crippen molar-refractivity contribution in [1.82, 2.24) is 15.6 Å². The van der Waals surface area contributed by atoms with Crippen molar-refractivity contribution in [3.05, 3.63) is 28.3 Å². The van der Waals surface area contributed by atoms with Gasteiger partial charge < -0.3 is 0 Å². The lowest BCUT2D eigenvalue weighted by atomic mass is 9.89. The first-order valence-electron chi connectivity index (χ1n) is 9.74. The van der Waals surface area contributed by atoms with E-state index >= 15 is 0 Å². The molecule has 2 rings (SSSR count). The third-order valence-corrected chi connectivity index (χ3v) is 7.39. The van der Waals surface area contributed by atoms with Gasteiger partial charge in [0.05, 0.1) is 10.9 Å². The van der Waals surface area contributed by atoms with Gasteiger partial charge in [-0.2, -0.15) is 4.72 Å². The van der Waals surface area contributed by atoms with Gasteiger partial charge in [0.2, 0.25) is 15.9 Å². The second-order valence-electron chi connectivity index (χ2n) is 7.75. The van der Waals surface area contributed by atoms with Crippen molar-refractivity contribution >= 4 is 21.8 Å². The van der Waals surface area contributed by atoms with E-state index in [9.17, 15) is 18.0 Å². The third-order valence-electron chi connectivity index (χ3n) is 5.58. The molecule has 2 amide bonds. The SMILES string of the molecule is Cc1cc(C)c(C)c(S(=O)(=O)N[C@@H](C)C(=O)NNC(=O)C2CCCCC2)c1C. The van der Waals surface area contributed by atoms with E-state index in [1.165, 1.54) is 6.92 Å². The van der Waals surface area contributed by atoms with E-state index < -0.39 is 22.0 Å². The summed E-state index contributed by atoms with van der Waals surface area (Å²) in [5.41, 5.74) is 7.84. The van der Waals surface area contributed by atoms with E-state index in [0.29, 0.717) is 11.1 Å². The van der Waals surface area contributed by atoms with Gasteiger partial charge in [-0.1, -0.05) is 25.3 Å². The van der Waals surface area contributed by atoms with Gasteiger partial charge in [0.15, 0.2) is 0 Å². The van der Waals surface area contributed by atoms with Gasteiger partial charge in [-0.05, 0) is 69.7 Å². The van der Waals surface area contributed by atoms with Gasteiger partial charge in [-0.3, -0.25) is 20.4 Å². The zero-order valence-corrected chi connectivity index (χ0v) is 18.1. The van der Waals surface area contributed by atoms with E-state index in [-0.39, 0.29) is 16.7 Å².